The summed E-state index contributed by atoms with van der Waals surface area (Å²) in [6.07, 6.45) is 5.10. The van der Waals surface area contributed by atoms with Crippen LogP contribution in [0.3, 0.4) is 0 Å². The summed E-state index contributed by atoms with van der Waals surface area (Å²) in [4.78, 5) is 29.6. The maximum atomic E-state index is 14.0. The van der Waals surface area contributed by atoms with E-state index >= 15 is 0 Å². The average molecular weight is 512 g/mol. The van der Waals surface area contributed by atoms with Crippen LogP contribution in [0.2, 0.25) is 16.6 Å². The summed E-state index contributed by atoms with van der Waals surface area (Å²) < 4.78 is 6.35. The number of ketones is 1. The zero-order chi connectivity index (χ0) is 26.8. The monoisotopic (exact) mass is 511 g/mol. The van der Waals surface area contributed by atoms with E-state index in [2.05, 4.69) is 62.3 Å². The van der Waals surface area contributed by atoms with Gasteiger partial charge >= 0.3 is 6.09 Å². The normalized spacial score (nSPS) is 25.6. The molecule has 4 nitrogen and oxygen atoms in total. The molecule has 0 N–H and O–H groups in total. The molecule has 1 saturated carbocycles. The maximum Gasteiger partial charge on any atom is 0.414 e. The van der Waals surface area contributed by atoms with Gasteiger partial charge in [0, 0.05) is 12.6 Å². The van der Waals surface area contributed by atoms with Gasteiger partial charge in [-0.25, -0.2) is 4.79 Å². The van der Waals surface area contributed by atoms with E-state index in [1.165, 1.54) is 6.42 Å². The Bertz CT molecular complexity index is 915. The number of benzene rings is 1. The van der Waals surface area contributed by atoms with Gasteiger partial charge in [0.15, 0.2) is 5.78 Å². The van der Waals surface area contributed by atoms with E-state index in [1.807, 2.05) is 36.5 Å². The Morgan fingerprint density at radius 3 is 2.06 bits per heavy atom. The number of nitrogens with zero attached hydrogens (tertiary/aromatic N) is 1. The highest BCUT2D eigenvalue weighted by Crippen LogP contribution is 2.49. The molecule has 1 aliphatic carbocycles. The van der Waals surface area contributed by atoms with Crippen LogP contribution < -0.4 is 0 Å². The molecule has 0 bridgehead atoms. The van der Waals surface area contributed by atoms with E-state index in [0.29, 0.717) is 40.8 Å². The van der Waals surface area contributed by atoms with E-state index < -0.39 is 8.07 Å². The molecule has 1 aromatic carbocycles. The van der Waals surface area contributed by atoms with Crippen molar-refractivity contribution in [3.05, 3.63) is 47.3 Å². The Kier molecular flexibility index (Phi) is 9.29. The van der Waals surface area contributed by atoms with Crippen LogP contribution >= 0.6 is 0 Å². The first kappa shape index (κ1) is 28.7. The van der Waals surface area contributed by atoms with Crippen LogP contribution in [0.5, 0.6) is 0 Å². The first-order chi connectivity index (χ1) is 16.9. The van der Waals surface area contributed by atoms with Crippen molar-refractivity contribution in [3.63, 3.8) is 0 Å². The van der Waals surface area contributed by atoms with Crippen molar-refractivity contribution in [2.24, 2.45) is 17.8 Å². The largest absolute Gasteiger partial charge is 0.446 e. The number of carbonyl (C=O) groups is 2. The molecule has 2 aliphatic rings. The van der Waals surface area contributed by atoms with Gasteiger partial charge in [0.2, 0.25) is 0 Å². The van der Waals surface area contributed by atoms with Crippen LogP contribution in [0.25, 0.3) is 0 Å². The molecular formula is C31H49NO3Si. The molecule has 1 aromatic rings. The Morgan fingerprint density at radius 1 is 0.944 bits per heavy atom. The number of amides is 1. The smallest absolute Gasteiger partial charge is 0.414 e. The molecule has 1 aliphatic heterocycles. The van der Waals surface area contributed by atoms with Gasteiger partial charge in [-0.2, -0.15) is 0 Å². The Morgan fingerprint density at radius 2 is 1.53 bits per heavy atom. The van der Waals surface area contributed by atoms with Gasteiger partial charge in [0.25, 0.3) is 0 Å². The van der Waals surface area contributed by atoms with Gasteiger partial charge in [-0.1, -0.05) is 99.1 Å². The first-order valence-electron chi connectivity index (χ1n) is 14.2. The minimum Gasteiger partial charge on any atom is -0.446 e. The number of ether oxygens (including phenoxy) is 1. The van der Waals surface area contributed by atoms with E-state index in [9.17, 15) is 9.59 Å². The van der Waals surface area contributed by atoms with Crippen molar-refractivity contribution >= 4 is 20.0 Å². The predicted molar refractivity (Wildman–Crippen MR) is 151 cm³/mol. The number of hydrogen-bond donors (Lipinski definition) is 0. The van der Waals surface area contributed by atoms with Gasteiger partial charge in [0.05, 0.1) is 6.04 Å². The fourth-order valence-corrected chi connectivity index (χ4v) is 14.4. The van der Waals surface area contributed by atoms with E-state index in [0.717, 1.165) is 23.6 Å². The highest BCUT2D eigenvalue weighted by atomic mass is 28.3. The fourth-order valence-electron chi connectivity index (χ4n) is 7.55. The van der Waals surface area contributed by atoms with Crippen LogP contribution in [0, 0.1) is 17.8 Å². The second-order valence-electron chi connectivity index (χ2n) is 12.6. The van der Waals surface area contributed by atoms with Gasteiger partial charge < -0.3 is 4.74 Å². The summed E-state index contributed by atoms with van der Waals surface area (Å²) >= 11 is 0. The van der Waals surface area contributed by atoms with Crippen molar-refractivity contribution in [1.82, 2.24) is 4.90 Å². The molecule has 3 rings (SSSR count). The molecule has 200 valence electrons. The van der Waals surface area contributed by atoms with Crippen LogP contribution in [-0.4, -0.2) is 31.0 Å². The van der Waals surface area contributed by atoms with E-state index in [1.54, 1.807) is 4.90 Å². The lowest BCUT2D eigenvalue weighted by Crippen LogP contribution is -2.52. The standard InChI is InChI=1S/C31H49NO3Si/c1-20(2)26-16-15-24(9)17-29(26)35-31(34)32-19-30(36(21(3)4,22(5)6)23(7)8)28(33)18-27(32)25-13-11-10-12-14-25/h10-14,19-24,26-27,29H,15-18H2,1-9H3/t24-,26+,27-,29-/m1/s1. The molecule has 0 aromatic heterocycles. The molecule has 1 heterocycles. The van der Waals surface area contributed by atoms with Crippen LogP contribution in [-0.2, 0) is 9.53 Å². The number of Topliss-reactive ketones (excluding diaryl/α,β-unsaturated/α-hetero) is 1. The lowest BCUT2D eigenvalue weighted by molar-refractivity contribution is -0.116. The van der Waals surface area contributed by atoms with E-state index in [4.69, 9.17) is 4.74 Å². The fraction of sp³-hybridized carbons (Fsp3) is 0.677. The van der Waals surface area contributed by atoms with Crippen LogP contribution in [0.4, 0.5) is 4.79 Å². The van der Waals surface area contributed by atoms with Crippen molar-refractivity contribution in [1.29, 1.82) is 0 Å². The molecule has 0 spiro atoms. The molecule has 5 heteroatoms. The summed E-state index contributed by atoms with van der Waals surface area (Å²) in [7, 11) is -2.24. The minimum atomic E-state index is -2.24. The highest BCUT2D eigenvalue weighted by Gasteiger charge is 2.51. The van der Waals surface area contributed by atoms with Crippen molar-refractivity contribution < 1.29 is 14.3 Å². The molecule has 4 atom stereocenters. The topological polar surface area (TPSA) is 46.6 Å². The minimum absolute atomic E-state index is 0.0746. The maximum absolute atomic E-state index is 14.0. The third-order valence-corrected chi connectivity index (χ3v) is 16.3. The summed E-state index contributed by atoms with van der Waals surface area (Å²) in [5.74, 6) is 1.62. The number of rotatable bonds is 7. The zero-order valence-corrected chi connectivity index (χ0v) is 25.1. The van der Waals surface area contributed by atoms with Crippen molar-refractivity contribution in [2.75, 3.05) is 0 Å². The molecule has 1 fully saturated rings. The molecule has 0 saturated heterocycles. The molecule has 1 amide bonds. The predicted octanol–water partition coefficient (Wildman–Crippen LogP) is 8.70. The van der Waals surface area contributed by atoms with E-state index in [-0.39, 0.29) is 24.0 Å². The number of hydrogen-bond acceptors (Lipinski definition) is 3. The Hall–Kier alpha value is -1.88. The second kappa shape index (κ2) is 11.7. The quantitative estimate of drug-likeness (QED) is 0.344. The van der Waals surface area contributed by atoms with Gasteiger partial charge in [-0.05, 0) is 58.0 Å². The second-order valence-corrected chi connectivity index (χ2v) is 18.5. The Balaban J connectivity index is 2.08. The lowest BCUT2D eigenvalue weighted by atomic mass is 9.75. The first-order valence-corrected chi connectivity index (χ1v) is 16.4. The number of carbonyl (C=O) groups excluding carboxylic acids is 2. The van der Waals surface area contributed by atoms with Crippen LogP contribution in [0.15, 0.2) is 41.7 Å². The summed E-state index contributed by atoms with van der Waals surface area (Å²) in [5.41, 5.74) is 2.16. The number of allylic oxidation sites excluding steroid dienone is 1. The summed E-state index contributed by atoms with van der Waals surface area (Å²) in [6, 6.07) is 9.66. The van der Waals surface area contributed by atoms with Gasteiger partial charge in [0.1, 0.15) is 14.2 Å². The van der Waals surface area contributed by atoms with Gasteiger partial charge in [-0.3, -0.25) is 9.69 Å². The SMILES string of the molecule is CC(C)[C@@H]1CC[C@@H](C)C[C@H]1OC(=O)N1C=C([Si](C(C)C)(C(C)C)C(C)C)C(=O)C[C@@H]1c1ccccc1. The molecule has 36 heavy (non-hydrogen) atoms. The lowest BCUT2D eigenvalue weighted by Gasteiger charge is -2.47. The summed E-state index contributed by atoms with van der Waals surface area (Å²) in [6.45, 7) is 20.3. The van der Waals surface area contributed by atoms with Crippen molar-refractivity contribution in [3.8, 4) is 0 Å². The molecule has 0 unspecified atom stereocenters. The third kappa shape index (κ3) is 5.51. The van der Waals surface area contributed by atoms with Crippen LogP contribution in [0.1, 0.15) is 99.6 Å². The Labute approximate surface area is 220 Å². The molecule has 0 radical (unpaired) electrons. The third-order valence-electron chi connectivity index (χ3n) is 9.22. The van der Waals surface area contributed by atoms with Gasteiger partial charge in [-0.15, -0.1) is 0 Å². The summed E-state index contributed by atoms with van der Waals surface area (Å²) in [5, 5.41) is 0.920. The molecular weight excluding hydrogens is 462 g/mol. The van der Waals surface area contributed by atoms with Crippen molar-refractivity contribution in [2.45, 2.75) is 117 Å². The highest BCUT2D eigenvalue weighted by molar-refractivity contribution is 6.93. The zero-order valence-electron chi connectivity index (χ0n) is 24.1. The average Bonchev–Trinajstić information content (AvgIpc) is 2.80.